The predicted molar refractivity (Wildman–Crippen MR) is 92.9 cm³/mol. The van der Waals surface area contributed by atoms with Crippen molar-refractivity contribution in [2.45, 2.75) is 67.2 Å². The van der Waals surface area contributed by atoms with Gasteiger partial charge in [-0.15, -0.1) is 0 Å². The second-order valence-electron chi connectivity index (χ2n) is 6.46. The van der Waals surface area contributed by atoms with Gasteiger partial charge >= 0.3 is 11.9 Å². The first-order valence-electron chi connectivity index (χ1n) is 9.12. The van der Waals surface area contributed by atoms with Crippen LogP contribution in [0.15, 0.2) is 0 Å². The Morgan fingerprint density at radius 2 is 1.54 bits per heavy atom. The first-order chi connectivity index (χ1) is 11.4. The van der Waals surface area contributed by atoms with Gasteiger partial charge in [-0.25, -0.2) is 0 Å². The van der Waals surface area contributed by atoms with Gasteiger partial charge in [0.2, 0.25) is 0 Å². The fourth-order valence-electron chi connectivity index (χ4n) is 2.89. The van der Waals surface area contributed by atoms with Crippen molar-refractivity contribution in [1.29, 1.82) is 5.26 Å². The molecule has 4 atom stereocenters. The first kappa shape index (κ1) is 22.4. The van der Waals surface area contributed by atoms with Crippen LogP contribution in [0.4, 0.5) is 0 Å². The minimum absolute atomic E-state index is 0.155. The molecule has 5 nitrogen and oxygen atoms in total. The fraction of sp³-hybridized carbons (Fsp3) is 0.842. The van der Waals surface area contributed by atoms with Gasteiger partial charge in [-0.2, -0.15) is 5.26 Å². The zero-order valence-corrected chi connectivity index (χ0v) is 16.1. The lowest BCUT2D eigenvalue weighted by atomic mass is 9.62. The van der Waals surface area contributed by atoms with Crippen LogP contribution in [0.3, 0.4) is 0 Å². The minimum atomic E-state index is -1.51. The van der Waals surface area contributed by atoms with E-state index in [1.165, 1.54) is 0 Å². The molecule has 0 N–H and O–H groups in total. The number of ether oxygens (including phenoxy) is 2. The van der Waals surface area contributed by atoms with Gasteiger partial charge in [0.05, 0.1) is 25.2 Å². The lowest BCUT2D eigenvalue weighted by molar-refractivity contribution is -0.172. The number of esters is 2. The Bertz CT molecular complexity index is 443. The Morgan fingerprint density at radius 1 is 1.00 bits per heavy atom. The summed E-state index contributed by atoms with van der Waals surface area (Å²) in [5.74, 6) is -2.35. The maximum Gasteiger partial charge on any atom is 0.327 e. The van der Waals surface area contributed by atoms with Crippen LogP contribution in [0.5, 0.6) is 0 Å². The zero-order chi connectivity index (χ0) is 18.8. The summed E-state index contributed by atoms with van der Waals surface area (Å²) in [6.07, 6.45) is 2.64. The number of rotatable bonds is 11. The summed E-state index contributed by atoms with van der Waals surface area (Å²) >= 11 is 0. The van der Waals surface area contributed by atoms with Gasteiger partial charge in [-0.3, -0.25) is 9.59 Å². The molecule has 0 saturated carbocycles. The highest BCUT2D eigenvalue weighted by molar-refractivity contribution is 5.88. The molecule has 0 aliphatic rings. The van der Waals surface area contributed by atoms with Gasteiger partial charge < -0.3 is 9.47 Å². The molecular weight excluding hydrogens is 306 g/mol. The molecular formula is C19H33NO4. The third-order valence-corrected chi connectivity index (χ3v) is 4.76. The molecule has 0 aromatic carbocycles. The van der Waals surface area contributed by atoms with Crippen molar-refractivity contribution < 1.29 is 19.1 Å². The van der Waals surface area contributed by atoms with Crippen LogP contribution in [-0.4, -0.2) is 25.2 Å². The van der Waals surface area contributed by atoms with Crippen LogP contribution < -0.4 is 0 Å². The lowest BCUT2D eigenvalue weighted by Crippen LogP contribution is -2.50. The van der Waals surface area contributed by atoms with Gasteiger partial charge in [-0.1, -0.05) is 54.4 Å². The van der Waals surface area contributed by atoms with Gasteiger partial charge in [0.15, 0.2) is 5.41 Å². The zero-order valence-electron chi connectivity index (χ0n) is 16.1. The van der Waals surface area contributed by atoms with Crippen molar-refractivity contribution in [3.8, 4) is 6.07 Å². The molecule has 0 aliphatic heterocycles. The van der Waals surface area contributed by atoms with E-state index in [-0.39, 0.29) is 25.0 Å². The van der Waals surface area contributed by atoms with Crippen LogP contribution in [0.1, 0.15) is 67.2 Å². The topological polar surface area (TPSA) is 76.4 Å². The Kier molecular flexibility index (Phi) is 10.3. The van der Waals surface area contributed by atoms with E-state index in [0.29, 0.717) is 25.7 Å². The standard InChI is InChI=1S/C19H33NO4/c1-7-11-23-17(21)16(14(5)9-3)19(13-20,15(6)10-4)18(22)24-12-8-2/h14-16H,7-12H2,1-6H3. The van der Waals surface area contributed by atoms with Crippen LogP contribution in [0, 0.1) is 34.5 Å². The number of nitriles is 1. The van der Waals surface area contributed by atoms with E-state index in [9.17, 15) is 14.9 Å². The fourth-order valence-corrected chi connectivity index (χ4v) is 2.89. The summed E-state index contributed by atoms with van der Waals surface area (Å²) in [6.45, 7) is 11.9. The molecule has 0 radical (unpaired) electrons. The molecule has 24 heavy (non-hydrogen) atoms. The summed E-state index contributed by atoms with van der Waals surface area (Å²) in [5.41, 5.74) is -1.51. The Balaban J connectivity index is 6.02. The molecule has 0 saturated heterocycles. The molecule has 0 fully saturated rings. The van der Waals surface area contributed by atoms with Crippen LogP contribution in [0.25, 0.3) is 0 Å². The highest BCUT2D eigenvalue weighted by atomic mass is 16.5. The highest BCUT2D eigenvalue weighted by Crippen LogP contribution is 2.44. The molecule has 0 heterocycles. The normalized spacial score (nSPS) is 17.0. The SMILES string of the molecule is CCCOC(=O)C(C(C)CC)C(C#N)(C(=O)OCCC)C(C)CC. The van der Waals surface area contributed by atoms with Gasteiger partial charge in [0, 0.05) is 0 Å². The largest absolute Gasteiger partial charge is 0.465 e. The van der Waals surface area contributed by atoms with Gasteiger partial charge in [0.1, 0.15) is 0 Å². The number of nitrogens with zero attached hydrogens (tertiary/aromatic N) is 1. The molecule has 5 heteroatoms. The van der Waals surface area contributed by atoms with Crippen molar-refractivity contribution in [3.63, 3.8) is 0 Å². The van der Waals surface area contributed by atoms with Crippen LogP contribution in [-0.2, 0) is 19.1 Å². The minimum Gasteiger partial charge on any atom is -0.465 e. The van der Waals surface area contributed by atoms with Crippen molar-refractivity contribution in [2.75, 3.05) is 13.2 Å². The molecule has 0 amide bonds. The maximum absolute atomic E-state index is 12.8. The number of carbonyl (C=O) groups is 2. The predicted octanol–water partition coefficient (Wildman–Crippen LogP) is 4.11. The van der Waals surface area contributed by atoms with Gasteiger partial charge in [-0.05, 0) is 24.7 Å². The maximum atomic E-state index is 12.8. The molecule has 0 bridgehead atoms. The molecule has 0 rings (SSSR count). The highest BCUT2D eigenvalue weighted by Gasteiger charge is 2.56. The number of hydrogen-bond donors (Lipinski definition) is 0. The molecule has 0 aromatic heterocycles. The summed E-state index contributed by atoms with van der Waals surface area (Å²) in [5, 5.41) is 9.98. The van der Waals surface area contributed by atoms with E-state index in [1.54, 1.807) is 0 Å². The first-order valence-corrected chi connectivity index (χ1v) is 9.12. The van der Waals surface area contributed by atoms with E-state index >= 15 is 0 Å². The van der Waals surface area contributed by atoms with E-state index in [1.807, 2.05) is 41.5 Å². The third-order valence-electron chi connectivity index (χ3n) is 4.76. The Labute approximate surface area is 146 Å². The van der Waals surface area contributed by atoms with E-state index in [0.717, 1.165) is 0 Å². The number of hydrogen-bond acceptors (Lipinski definition) is 5. The molecule has 138 valence electrons. The summed E-state index contributed by atoms with van der Waals surface area (Å²) in [7, 11) is 0. The molecule has 0 aromatic rings. The monoisotopic (exact) mass is 339 g/mol. The van der Waals surface area contributed by atoms with Crippen LogP contribution >= 0.6 is 0 Å². The lowest BCUT2D eigenvalue weighted by Gasteiger charge is -2.38. The average molecular weight is 339 g/mol. The summed E-state index contributed by atoms with van der Waals surface area (Å²) < 4.78 is 10.7. The van der Waals surface area contributed by atoms with E-state index in [4.69, 9.17) is 9.47 Å². The number of carbonyl (C=O) groups excluding carboxylic acids is 2. The van der Waals surface area contributed by atoms with Crippen molar-refractivity contribution in [3.05, 3.63) is 0 Å². The molecule has 0 spiro atoms. The van der Waals surface area contributed by atoms with Crippen molar-refractivity contribution >= 4 is 11.9 Å². The summed E-state index contributed by atoms with van der Waals surface area (Å²) in [4.78, 5) is 25.6. The smallest absolute Gasteiger partial charge is 0.327 e. The molecule has 4 unspecified atom stereocenters. The van der Waals surface area contributed by atoms with Crippen molar-refractivity contribution in [1.82, 2.24) is 0 Å². The second-order valence-corrected chi connectivity index (χ2v) is 6.46. The summed E-state index contributed by atoms with van der Waals surface area (Å²) in [6, 6.07) is 2.17. The Morgan fingerprint density at radius 3 is 1.96 bits per heavy atom. The average Bonchev–Trinajstić information content (AvgIpc) is 2.60. The quantitative estimate of drug-likeness (QED) is 0.529. The van der Waals surface area contributed by atoms with E-state index in [2.05, 4.69) is 6.07 Å². The molecule has 0 aliphatic carbocycles. The second kappa shape index (κ2) is 11.1. The third kappa shape index (κ3) is 4.96. The van der Waals surface area contributed by atoms with Gasteiger partial charge in [0.25, 0.3) is 0 Å². The Hall–Kier alpha value is -1.57. The van der Waals surface area contributed by atoms with Crippen LogP contribution in [0.2, 0.25) is 0 Å². The van der Waals surface area contributed by atoms with E-state index < -0.39 is 23.3 Å². The van der Waals surface area contributed by atoms with Crippen molar-refractivity contribution in [2.24, 2.45) is 23.2 Å².